The molecule has 0 fully saturated rings. The number of hydrogen-bond acceptors (Lipinski definition) is 4. The largest absolute Gasteiger partial charge is 0.478 e. The highest BCUT2D eigenvalue weighted by Crippen LogP contribution is 2.24. The van der Waals surface area contributed by atoms with Crippen LogP contribution in [0.5, 0.6) is 0 Å². The first-order chi connectivity index (χ1) is 7.99. The molecular formula is C11H9NO5. The molecule has 0 saturated carbocycles. The maximum Gasteiger partial charge on any atom is 0.336 e. The average Bonchev–Trinajstić information content (AvgIpc) is 2.28. The average molecular weight is 235 g/mol. The standard InChI is InChI=1S/C11H9NO5/c1-6(12-5-13)7-3-2-4-8(10(14)15)9(7)11(16)17/h2-4,6H,1H3,(H,14,15)(H,16,17). The second-order valence-electron chi connectivity index (χ2n) is 3.28. The summed E-state index contributed by atoms with van der Waals surface area (Å²) in [5.41, 5.74) is -0.518. The maximum absolute atomic E-state index is 11.1. The first-order valence-electron chi connectivity index (χ1n) is 4.65. The van der Waals surface area contributed by atoms with Gasteiger partial charge in [-0.1, -0.05) is 12.1 Å². The van der Waals surface area contributed by atoms with E-state index < -0.39 is 18.0 Å². The molecule has 17 heavy (non-hydrogen) atoms. The molecule has 88 valence electrons. The Balaban J connectivity index is 3.50. The van der Waals surface area contributed by atoms with Crippen molar-refractivity contribution in [2.45, 2.75) is 13.0 Å². The Morgan fingerprint density at radius 3 is 2.41 bits per heavy atom. The smallest absolute Gasteiger partial charge is 0.336 e. The Hall–Kier alpha value is -2.46. The summed E-state index contributed by atoms with van der Waals surface area (Å²) in [6.07, 6.45) is 1.32. The van der Waals surface area contributed by atoms with Crippen molar-refractivity contribution in [3.8, 4) is 0 Å². The van der Waals surface area contributed by atoms with E-state index >= 15 is 0 Å². The predicted molar refractivity (Wildman–Crippen MR) is 56.9 cm³/mol. The molecule has 0 aliphatic heterocycles. The van der Waals surface area contributed by atoms with Crippen LogP contribution in [0.3, 0.4) is 0 Å². The number of hydrogen-bond donors (Lipinski definition) is 2. The lowest BCUT2D eigenvalue weighted by Gasteiger charge is -2.10. The molecule has 1 rings (SSSR count). The van der Waals surface area contributed by atoms with Gasteiger partial charge in [0.2, 0.25) is 6.08 Å². The van der Waals surface area contributed by atoms with Gasteiger partial charge in [-0.2, -0.15) is 4.99 Å². The van der Waals surface area contributed by atoms with Gasteiger partial charge < -0.3 is 10.2 Å². The second-order valence-corrected chi connectivity index (χ2v) is 3.28. The van der Waals surface area contributed by atoms with Gasteiger partial charge >= 0.3 is 11.9 Å². The minimum absolute atomic E-state index is 0.167. The topological polar surface area (TPSA) is 104 Å². The lowest BCUT2D eigenvalue weighted by molar-refractivity contribution is 0.0650. The van der Waals surface area contributed by atoms with E-state index in [-0.39, 0.29) is 16.7 Å². The van der Waals surface area contributed by atoms with E-state index in [9.17, 15) is 14.4 Å². The van der Waals surface area contributed by atoms with Crippen molar-refractivity contribution < 1.29 is 24.6 Å². The van der Waals surface area contributed by atoms with Crippen LogP contribution < -0.4 is 0 Å². The molecule has 0 saturated heterocycles. The van der Waals surface area contributed by atoms with E-state index in [2.05, 4.69) is 4.99 Å². The Bertz CT molecular complexity index is 517. The molecule has 0 spiro atoms. The van der Waals surface area contributed by atoms with Crippen LogP contribution in [0, 0.1) is 0 Å². The van der Waals surface area contributed by atoms with Crippen molar-refractivity contribution in [3.05, 3.63) is 34.9 Å². The molecule has 0 aliphatic rings. The lowest BCUT2D eigenvalue weighted by atomic mass is 9.97. The van der Waals surface area contributed by atoms with Gasteiger partial charge in [-0.15, -0.1) is 0 Å². The number of rotatable bonds is 4. The summed E-state index contributed by atoms with van der Waals surface area (Å²) in [4.78, 5) is 35.4. The summed E-state index contributed by atoms with van der Waals surface area (Å²) in [5, 5.41) is 17.9. The highest BCUT2D eigenvalue weighted by atomic mass is 16.4. The molecule has 1 aromatic carbocycles. The predicted octanol–water partition coefficient (Wildman–Crippen LogP) is 1.48. The van der Waals surface area contributed by atoms with Crippen LogP contribution >= 0.6 is 0 Å². The Morgan fingerprint density at radius 2 is 1.94 bits per heavy atom. The fourth-order valence-corrected chi connectivity index (χ4v) is 1.48. The summed E-state index contributed by atoms with van der Waals surface area (Å²) < 4.78 is 0. The highest BCUT2D eigenvalue weighted by Gasteiger charge is 2.22. The van der Waals surface area contributed by atoms with Crippen LogP contribution in [0.15, 0.2) is 23.2 Å². The van der Waals surface area contributed by atoms with Gasteiger partial charge in [-0.05, 0) is 18.6 Å². The van der Waals surface area contributed by atoms with Gasteiger partial charge in [0.25, 0.3) is 0 Å². The summed E-state index contributed by atoms with van der Waals surface area (Å²) in [6.45, 7) is 1.48. The van der Waals surface area contributed by atoms with Gasteiger partial charge in [0.15, 0.2) is 0 Å². The number of aliphatic imine (C=N–C) groups is 1. The van der Waals surface area contributed by atoms with Crippen molar-refractivity contribution in [3.63, 3.8) is 0 Å². The van der Waals surface area contributed by atoms with Crippen LogP contribution in [0.4, 0.5) is 0 Å². The van der Waals surface area contributed by atoms with E-state index in [0.717, 1.165) is 0 Å². The van der Waals surface area contributed by atoms with Gasteiger partial charge in [0.05, 0.1) is 17.2 Å². The molecule has 0 aromatic heterocycles. The highest BCUT2D eigenvalue weighted by molar-refractivity contribution is 6.02. The van der Waals surface area contributed by atoms with Crippen molar-refractivity contribution in [1.82, 2.24) is 0 Å². The van der Waals surface area contributed by atoms with Crippen LogP contribution in [0.25, 0.3) is 0 Å². The molecule has 6 nitrogen and oxygen atoms in total. The lowest BCUT2D eigenvalue weighted by Crippen LogP contribution is -2.12. The molecule has 1 atom stereocenters. The zero-order valence-electron chi connectivity index (χ0n) is 8.88. The van der Waals surface area contributed by atoms with E-state index in [0.29, 0.717) is 0 Å². The molecule has 1 aromatic rings. The van der Waals surface area contributed by atoms with E-state index in [1.807, 2.05) is 0 Å². The molecule has 6 heteroatoms. The second kappa shape index (κ2) is 5.05. The van der Waals surface area contributed by atoms with Crippen LogP contribution in [0.2, 0.25) is 0 Å². The van der Waals surface area contributed by atoms with E-state index in [1.54, 1.807) is 0 Å². The Morgan fingerprint density at radius 1 is 1.29 bits per heavy atom. The Labute approximate surface area is 96.2 Å². The number of isocyanates is 1. The van der Waals surface area contributed by atoms with Crippen LogP contribution in [-0.2, 0) is 4.79 Å². The van der Waals surface area contributed by atoms with Gasteiger partial charge in [-0.25, -0.2) is 14.4 Å². The number of carboxylic acids is 2. The SMILES string of the molecule is CC(N=C=O)c1cccc(C(=O)O)c1C(=O)O. The van der Waals surface area contributed by atoms with Crippen molar-refractivity contribution in [2.75, 3.05) is 0 Å². The van der Waals surface area contributed by atoms with E-state index in [4.69, 9.17) is 10.2 Å². The Kier molecular flexibility index (Phi) is 3.74. The monoisotopic (exact) mass is 235 g/mol. The molecule has 1 unspecified atom stereocenters. The third kappa shape index (κ3) is 2.56. The van der Waals surface area contributed by atoms with Crippen molar-refractivity contribution >= 4 is 18.0 Å². The molecule has 0 radical (unpaired) electrons. The third-order valence-electron chi connectivity index (χ3n) is 2.24. The summed E-state index contributed by atoms with van der Waals surface area (Å²) in [7, 11) is 0. The van der Waals surface area contributed by atoms with Crippen LogP contribution in [-0.4, -0.2) is 28.2 Å². The fourth-order valence-electron chi connectivity index (χ4n) is 1.48. The number of aromatic carboxylic acids is 2. The first-order valence-corrected chi connectivity index (χ1v) is 4.65. The minimum atomic E-state index is -1.37. The van der Waals surface area contributed by atoms with Gasteiger partial charge in [0, 0.05) is 0 Å². The van der Waals surface area contributed by atoms with Gasteiger partial charge in [-0.3, -0.25) is 0 Å². The van der Waals surface area contributed by atoms with Crippen molar-refractivity contribution in [1.29, 1.82) is 0 Å². The molecule has 0 aliphatic carbocycles. The number of benzene rings is 1. The number of nitrogens with zero attached hydrogens (tertiary/aromatic N) is 1. The molecular weight excluding hydrogens is 226 g/mol. The van der Waals surface area contributed by atoms with Crippen molar-refractivity contribution in [2.24, 2.45) is 4.99 Å². The first kappa shape index (κ1) is 12.6. The molecule has 0 bridgehead atoms. The molecule has 2 N–H and O–H groups in total. The third-order valence-corrected chi connectivity index (χ3v) is 2.24. The summed E-state index contributed by atoms with van der Waals surface area (Å²) in [5.74, 6) is -2.71. The molecule has 0 heterocycles. The zero-order chi connectivity index (χ0) is 13.0. The number of carbonyl (C=O) groups excluding carboxylic acids is 1. The quantitative estimate of drug-likeness (QED) is 0.607. The maximum atomic E-state index is 11.1. The normalized spacial score (nSPS) is 11.4. The summed E-state index contributed by atoms with van der Waals surface area (Å²) >= 11 is 0. The van der Waals surface area contributed by atoms with Crippen LogP contribution in [0.1, 0.15) is 39.2 Å². The number of carboxylic acid groups (broad SMARTS) is 2. The fraction of sp³-hybridized carbons (Fsp3) is 0.182. The van der Waals surface area contributed by atoms with Gasteiger partial charge in [0.1, 0.15) is 0 Å². The zero-order valence-corrected chi connectivity index (χ0v) is 8.88. The number of carbonyl (C=O) groups is 2. The summed E-state index contributed by atoms with van der Waals surface area (Å²) in [6, 6.07) is 3.26. The minimum Gasteiger partial charge on any atom is -0.478 e. The van der Waals surface area contributed by atoms with E-state index in [1.165, 1.54) is 31.2 Å². The molecule has 0 amide bonds.